The van der Waals surface area contributed by atoms with Gasteiger partial charge in [0, 0.05) is 11.6 Å². The van der Waals surface area contributed by atoms with Crippen molar-refractivity contribution in [1.82, 2.24) is 9.78 Å². The number of aromatic nitrogens is 2. The third kappa shape index (κ3) is 3.27. The first-order valence-corrected chi connectivity index (χ1v) is 8.24. The third-order valence-electron chi connectivity index (χ3n) is 4.11. The van der Waals surface area contributed by atoms with Gasteiger partial charge in [0.2, 0.25) is 0 Å². The van der Waals surface area contributed by atoms with Crippen LogP contribution in [0.2, 0.25) is 0 Å². The topological polar surface area (TPSA) is 99.9 Å². The van der Waals surface area contributed by atoms with Gasteiger partial charge in [0.15, 0.2) is 5.69 Å². The summed E-state index contributed by atoms with van der Waals surface area (Å²) >= 11 is 0. The first kappa shape index (κ1) is 19.0. The zero-order valence-electron chi connectivity index (χ0n) is 15.5. The molecule has 0 saturated carbocycles. The fourth-order valence-electron chi connectivity index (χ4n) is 2.78. The molecule has 0 bridgehead atoms. The fraction of sp³-hybridized carbons (Fsp3) is 0.150. The van der Waals surface area contributed by atoms with E-state index in [1.165, 1.54) is 32.1 Å². The largest absolute Gasteiger partial charge is 0.507 e. The van der Waals surface area contributed by atoms with Crippen LogP contribution >= 0.6 is 0 Å². The predicted molar refractivity (Wildman–Crippen MR) is 99.9 cm³/mol. The number of phenolic OH excluding ortho intramolecular Hbond substituents is 1. The number of hydrogen-bond donors (Lipinski definition) is 1. The van der Waals surface area contributed by atoms with Gasteiger partial charge in [0.05, 0.1) is 27.0 Å². The van der Waals surface area contributed by atoms with E-state index in [1.807, 2.05) is 6.07 Å². The summed E-state index contributed by atoms with van der Waals surface area (Å²) in [6.45, 7) is 0. The molecule has 0 saturated heterocycles. The molecule has 1 aromatic heterocycles. The summed E-state index contributed by atoms with van der Waals surface area (Å²) < 4.78 is 16.1. The molecule has 28 heavy (non-hydrogen) atoms. The van der Waals surface area contributed by atoms with Crippen molar-refractivity contribution in [2.75, 3.05) is 21.3 Å². The third-order valence-corrected chi connectivity index (χ3v) is 4.11. The van der Waals surface area contributed by atoms with Crippen molar-refractivity contribution in [1.29, 1.82) is 0 Å². The molecule has 8 heteroatoms. The standard InChI is InChI=1S/C20H18N2O6/c1-26-13-9-10-14(15(23)11-13)17-16(19(24)27-2)18(20(25)28-3)22(21-17)12-7-5-4-6-8-12/h4-11,23H,1-3H3. The number of carbonyl (C=O) groups is 2. The molecule has 2 aromatic carbocycles. The highest BCUT2D eigenvalue weighted by atomic mass is 16.5. The molecule has 144 valence electrons. The minimum absolute atomic E-state index is 0.0799. The Morgan fingerprint density at radius 2 is 1.64 bits per heavy atom. The van der Waals surface area contributed by atoms with Crippen molar-refractivity contribution in [3.8, 4) is 28.4 Å². The summed E-state index contributed by atoms with van der Waals surface area (Å²) in [6, 6.07) is 13.3. The Morgan fingerprint density at radius 1 is 0.964 bits per heavy atom. The van der Waals surface area contributed by atoms with Crippen LogP contribution in [-0.4, -0.2) is 48.2 Å². The van der Waals surface area contributed by atoms with E-state index in [2.05, 4.69) is 5.10 Å². The van der Waals surface area contributed by atoms with Crippen LogP contribution in [-0.2, 0) is 9.47 Å². The highest BCUT2D eigenvalue weighted by Gasteiger charge is 2.32. The summed E-state index contributed by atoms with van der Waals surface area (Å²) in [4.78, 5) is 25.0. The molecule has 0 amide bonds. The van der Waals surface area contributed by atoms with Gasteiger partial charge in [-0.3, -0.25) is 0 Å². The van der Waals surface area contributed by atoms with Crippen molar-refractivity contribution < 1.29 is 28.9 Å². The van der Waals surface area contributed by atoms with E-state index >= 15 is 0 Å². The van der Waals surface area contributed by atoms with Crippen molar-refractivity contribution in [3.63, 3.8) is 0 Å². The van der Waals surface area contributed by atoms with Crippen LogP contribution in [0.15, 0.2) is 48.5 Å². The molecule has 3 rings (SSSR count). The number of para-hydroxylation sites is 1. The minimum Gasteiger partial charge on any atom is -0.507 e. The van der Waals surface area contributed by atoms with Gasteiger partial charge in [-0.25, -0.2) is 14.3 Å². The van der Waals surface area contributed by atoms with Gasteiger partial charge in [-0.2, -0.15) is 5.10 Å². The highest BCUT2D eigenvalue weighted by molar-refractivity contribution is 6.07. The van der Waals surface area contributed by atoms with E-state index in [1.54, 1.807) is 36.4 Å². The Bertz CT molecular complexity index is 1030. The molecular formula is C20H18N2O6. The van der Waals surface area contributed by atoms with Crippen LogP contribution in [0.4, 0.5) is 0 Å². The Balaban J connectivity index is 2.35. The van der Waals surface area contributed by atoms with E-state index in [4.69, 9.17) is 14.2 Å². The molecule has 0 unspecified atom stereocenters. The lowest BCUT2D eigenvalue weighted by Gasteiger charge is -2.07. The molecule has 0 radical (unpaired) electrons. The molecule has 0 aliphatic carbocycles. The Kier molecular flexibility index (Phi) is 5.30. The second-order valence-corrected chi connectivity index (χ2v) is 5.69. The number of phenols is 1. The smallest absolute Gasteiger partial charge is 0.357 e. The van der Waals surface area contributed by atoms with Crippen LogP contribution in [0.3, 0.4) is 0 Å². The Hall–Kier alpha value is -3.81. The minimum atomic E-state index is -0.784. The van der Waals surface area contributed by atoms with Crippen LogP contribution in [0.1, 0.15) is 20.8 Å². The summed E-state index contributed by atoms with van der Waals surface area (Å²) in [7, 11) is 3.87. The van der Waals surface area contributed by atoms with Gasteiger partial charge in [-0.15, -0.1) is 0 Å². The molecule has 8 nitrogen and oxygen atoms in total. The monoisotopic (exact) mass is 382 g/mol. The van der Waals surface area contributed by atoms with Crippen molar-refractivity contribution >= 4 is 11.9 Å². The zero-order chi connectivity index (χ0) is 20.3. The molecule has 1 heterocycles. The number of esters is 2. The molecule has 0 aliphatic rings. The number of ether oxygens (including phenoxy) is 3. The van der Waals surface area contributed by atoms with Crippen molar-refractivity contribution in [2.24, 2.45) is 0 Å². The quantitative estimate of drug-likeness (QED) is 0.677. The summed E-state index contributed by atoms with van der Waals surface area (Å²) in [6.07, 6.45) is 0. The average molecular weight is 382 g/mol. The van der Waals surface area contributed by atoms with E-state index < -0.39 is 11.9 Å². The van der Waals surface area contributed by atoms with E-state index in [0.29, 0.717) is 11.4 Å². The van der Waals surface area contributed by atoms with E-state index in [0.717, 1.165) is 0 Å². The molecule has 3 aromatic rings. The number of nitrogens with zero attached hydrogens (tertiary/aromatic N) is 2. The summed E-state index contributed by atoms with van der Waals surface area (Å²) in [5, 5.41) is 14.8. The predicted octanol–water partition coefficient (Wildman–Crippen LogP) is 2.83. The lowest BCUT2D eigenvalue weighted by molar-refractivity contribution is 0.0549. The van der Waals surface area contributed by atoms with Gasteiger partial charge < -0.3 is 19.3 Å². The number of methoxy groups -OCH3 is 3. The van der Waals surface area contributed by atoms with E-state index in [9.17, 15) is 14.7 Å². The Morgan fingerprint density at radius 3 is 2.21 bits per heavy atom. The molecule has 0 spiro atoms. The fourth-order valence-corrected chi connectivity index (χ4v) is 2.78. The van der Waals surface area contributed by atoms with Gasteiger partial charge in [-0.1, -0.05) is 18.2 Å². The summed E-state index contributed by atoms with van der Waals surface area (Å²) in [5.41, 5.74) is 0.633. The van der Waals surface area contributed by atoms with Gasteiger partial charge in [0.25, 0.3) is 0 Å². The van der Waals surface area contributed by atoms with Crippen molar-refractivity contribution in [3.05, 3.63) is 59.8 Å². The van der Waals surface area contributed by atoms with Crippen molar-refractivity contribution in [2.45, 2.75) is 0 Å². The number of hydrogen-bond acceptors (Lipinski definition) is 7. The van der Waals surface area contributed by atoms with Gasteiger partial charge >= 0.3 is 11.9 Å². The number of aromatic hydroxyl groups is 1. The maximum atomic E-state index is 12.5. The summed E-state index contributed by atoms with van der Waals surface area (Å²) in [5.74, 6) is -1.29. The second-order valence-electron chi connectivity index (χ2n) is 5.69. The van der Waals surface area contributed by atoms with Crippen LogP contribution in [0.5, 0.6) is 11.5 Å². The van der Waals surface area contributed by atoms with Crippen LogP contribution in [0.25, 0.3) is 16.9 Å². The molecular weight excluding hydrogens is 364 g/mol. The number of rotatable bonds is 5. The van der Waals surface area contributed by atoms with Gasteiger partial charge in [0.1, 0.15) is 22.8 Å². The van der Waals surface area contributed by atoms with E-state index in [-0.39, 0.29) is 28.3 Å². The Labute approximate surface area is 160 Å². The molecule has 1 N–H and O–H groups in total. The first-order valence-electron chi connectivity index (χ1n) is 8.24. The zero-order valence-corrected chi connectivity index (χ0v) is 15.5. The molecule has 0 fully saturated rings. The SMILES string of the molecule is COC(=O)c1c(-c2ccc(OC)cc2O)nn(-c2ccccc2)c1C(=O)OC. The lowest BCUT2D eigenvalue weighted by Crippen LogP contribution is -2.15. The maximum absolute atomic E-state index is 12.5. The van der Waals surface area contributed by atoms with Crippen LogP contribution in [0, 0.1) is 0 Å². The first-order chi connectivity index (χ1) is 13.5. The average Bonchev–Trinajstić information content (AvgIpc) is 3.13. The highest BCUT2D eigenvalue weighted by Crippen LogP contribution is 2.36. The number of benzene rings is 2. The number of carbonyl (C=O) groups excluding carboxylic acids is 2. The maximum Gasteiger partial charge on any atom is 0.357 e. The van der Waals surface area contributed by atoms with Gasteiger partial charge in [-0.05, 0) is 24.3 Å². The normalized spacial score (nSPS) is 10.4. The lowest BCUT2D eigenvalue weighted by atomic mass is 10.0. The van der Waals surface area contributed by atoms with Crippen LogP contribution < -0.4 is 4.74 Å². The second kappa shape index (κ2) is 7.83. The molecule has 0 atom stereocenters. The molecule has 0 aliphatic heterocycles.